The highest BCUT2D eigenvalue weighted by atomic mass is 35.5. The van der Waals surface area contributed by atoms with Gasteiger partial charge in [-0.05, 0) is 36.6 Å². The number of halogens is 1. The van der Waals surface area contributed by atoms with Crippen LogP contribution in [-0.2, 0) is 16.1 Å². The molecular weight excluding hydrogens is 360 g/mol. The first kappa shape index (κ1) is 17.8. The highest BCUT2D eigenvalue weighted by Crippen LogP contribution is 2.36. The minimum absolute atomic E-state index is 0.106. The monoisotopic (exact) mass is 378 g/mol. The third-order valence-corrected chi connectivity index (χ3v) is 5.00. The van der Waals surface area contributed by atoms with E-state index in [2.05, 4.69) is 5.32 Å². The zero-order valence-corrected chi connectivity index (χ0v) is 15.4. The summed E-state index contributed by atoms with van der Waals surface area (Å²) in [5, 5.41) is 5.35. The maximum absolute atomic E-state index is 12.6. The molecule has 0 saturated carbocycles. The second-order valence-corrected chi connectivity index (χ2v) is 7.37. The van der Waals surface area contributed by atoms with Crippen molar-refractivity contribution in [2.24, 2.45) is 0 Å². The van der Waals surface area contributed by atoms with Crippen LogP contribution in [0.1, 0.15) is 24.6 Å². The molecule has 2 aromatic rings. The molecule has 3 rings (SSSR count). The Morgan fingerprint density at radius 3 is 2.96 bits per heavy atom. The smallest absolute Gasteiger partial charge is 0.227 e. The molecule has 132 valence electrons. The van der Waals surface area contributed by atoms with Gasteiger partial charge in [0.1, 0.15) is 11.9 Å². The number of carbonyl (C=O) groups excluding carboxylic acids is 2. The number of ether oxygens (including phenoxy) is 1. The van der Waals surface area contributed by atoms with Gasteiger partial charge in [0.25, 0.3) is 0 Å². The maximum Gasteiger partial charge on any atom is 0.227 e. The van der Waals surface area contributed by atoms with E-state index in [1.165, 1.54) is 0 Å². The number of carbonyl (C=O) groups is 2. The van der Waals surface area contributed by atoms with Gasteiger partial charge in [-0.15, -0.1) is 11.3 Å². The van der Waals surface area contributed by atoms with Gasteiger partial charge < -0.3 is 15.0 Å². The van der Waals surface area contributed by atoms with Gasteiger partial charge in [-0.3, -0.25) is 9.59 Å². The van der Waals surface area contributed by atoms with Gasteiger partial charge in [-0.25, -0.2) is 0 Å². The number of hydrogen-bond donors (Lipinski definition) is 1. The highest BCUT2D eigenvalue weighted by molar-refractivity contribution is 7.09. The Bertz CT molecular complexity index is 764. The van der Waals surface area contributed by atoms with E-state index in [9.17, 15) is 9.59 Å². The lowest BCUT2D eigenvalue weighted by atomic mass is 10.1. The molecule has 0 saturated heterocycles. The topological polar surface area (TPSA) is 58.6 Å². The van der Waals surface area contributed by atoms with Crippen molar-refractivity contribution >= 4 is 40.4 Å². The Morgan fingerprint density at radius 1 is 1.36 bits per heavy atom. The van der Waals surface area contributed by atoms with Crippen molar-refractivity contribution in [3.05, 3.63) is 45.6 Å². The van der Waals surface area contributed by atoms with Crippen molar-refractivity contribution in [3.8, 4) is 5.75 Å². The number of hydrogen-bond acceptors (Lipinski definition) is 4. The summed E-state index contributed by atoms with van der Waals surface area (Å²) in [6, 6.07) is 9.13. The van der Waals surface area contributed by atoms with E-state index >= 15 is 0 Å². The Balaban J connectivity index is 1.58. The Labute approximate surface area is 155 Å². The predicted molar refractivity (Wildman–Crippen MR) is 99.3 cm³/mol. The summed E-state index contributed by atoms with van der Waals surface area (Å²) in [7, 11) is 0. The van der Waals surface area contributed by atoms with Crippen molar-refractivity contribution in [2.75, 3.05) is 11.4 Å². The zero-order valence-electron chi connectivity index (χ0n) is 13.8. The minimum atomic E-state index is -0.130. The van der Waals surface area contributed by atoms with Crippen molar-refractivity contribution in [1.82, 2.24) is 5.32 Å². The number of anilines is 1. The van der Waals surface area contributed by atoms with Crippen LogP contribution in [0.5, 0.6) is 5.75 Å². The average Bonchev–Trinajstić information content (AvgIpc) is 3.11. The summed E-state index contributed by atoms with van der Waals surface area (Å²) >= 11 is 7.63. The standard InChI is InChI=1S/C18H19ClN2O3S/c1-12-11-21(15-9-13(19)4-5-16(15)24-12)18(23)7-6-17(22)20-10-14-3-2-8-25-14/h2-5,8-9,12H,6-7,10-11H2,1H3,(H,20,22)/t12-/m1/s1. The van der Waals surface area contributed by atoms with Crippen molar-refractivity contribution in [1.29, 1.82) is 0 Å². The lowest BCUT2D eigenvalue weighted by molar-refractivity contribution is -0.125. The van der Waals surface area contributed by atoms with Gasteiger partial charge in [0.05, 0.1) is 18.8 Å². The van der Waals surface area contributed by atoms with Crippen LogP contribution >= 0.6 is 22.9 Å². The normalized spacial score (nSPS) is 16.1. The molecule has 0 bridgehead atoms. The fourth-order valence-corrected chi connectivity index (χ4v) is 3.50. The van der Waals surface area contributed by atoms with E-state index in [4.69, 9.17) is 16.3 Å². The Kier molecular flexibility index (Phi) is 5.60. The molecule has 0 aliphatic carbocycles. The number of thiophene rings is 1. The van der Waals surface area contributed by atoms with Crippen LogP contribution in [0.3, 0.4) is 0 Å². The van der Waals surface area contributed by atoms with Gasteiger partial charge in [-0.1, -0.05) is 17.7 Å². The van der Waals surface area contributed by atoms with E-state index in [-0.39, 0.29) is 30.8 Å². The van der Waals surface area contributed by atoms with Crippen molar-refractivity contribution in [3.63, 3.8) is 0 Å². The van der Waals surface area contributed by atoms with Gasteiger partial charge in [0.15, 0.2) is 0 Å². The van der Waals surface area contributed by atoms with Crippen molar-refractivity contribution in [2.45, 2.75) is 32.4 Å². The minimum Gasteiger partial charge on any atom is -0.487 e. The number of nitrogens with zero attached hydrogens (tertiary/aromatic N) is 1. The third-order valence-electron chi connectivity index (χ3n) is 3.89. The first-order valence-electron chi connectivity index (χ1n) is 8.08. The van der Waals surface area contributed by atoms with Gasteiger partial charge in [-0.2, -0.15) is 0 Å². The number of nitrogens with one attached hydrogen (secondary N) is 1. The average molecular weight is 379 g/mol. The third kappa shape index (κ3) is 4.52. The SMILES string of the molecule is C[C@@H]1CN(C(=O)CCC(=O)NCc2cccs2)c2cc(Cl)ccc2O1. The molecule has 5 nitrogen and oxygen atoms in total. The molecule has 1 aliphatic rings. The maximum atomic E-state index is 12.6. The van der Waals surface area contributed by atoms with Crippen LogP contribution in [-0.4, -0.2) is 24.5 Å². The first-order valence-corrected chi connectivity index (χ1v) is 9.34. The summed E-state index contributed by atoms with van der Waals surface area (Å²) in [4.78, 5) is 27.3. The molecule has 7 heteroatoms. The van der Waals surface area contributed by atoms with Crippen LogP contribution < -0.4 is 15.0 Å². The van der Waals surface area contributed by atoms with Gasteiger partial charge in [0.2, 0.25) is 11.8 Å². The second-order valence-electron chi connectivity index (χ2n) is 5.90. The molecule has 25 heavy (non-hydrogen) atoms. The van der Waals surface area contributed by atoms with Crippen molar-refractivity contribution < 1.29 is 14.3 Å². The second kappa shape index (κ2) is 7.89. The molecule has 0 radical (unpaired) electrons. The Hall–Kier alpha value is -2.05. The molecule has 1 aliphatic heterocycles. The molecule has 0 spiro atoms. The molecule has 0 fully saturated rings. The van der Waals surface area contributed by atoms with E-state index < -0.39 is 0 Å². The molecular formula is C18H19ClN2O3S. The van der Waals surface area contributed by atoms with E-state index in [1.54, 1.807) is 34.4 Å². The number of fused-ring (bicyclic) bond motifs is 1. The lowest BCUT2D eigenvalue weighted by Crippen LogP contribution is -2.42. The van der Waals surface area contributed by atoms with Gasteiger partial charge >= 0.3 is 0 Å². The predicted octanol–water partition coefficient (Wildman–Crippen LogP) is 3.61. The molecule has 2 amide bonds. The van der Waals surface area contributed by atoms with Crippen LogP contribution in [0.2, 0.25) is 5.02 Å². The molecule has 1 aromatic heterocycles. The lowest BCUT2D eigenvalue weighted by Gasteiger charge is -2.33. The number of rotatable bonds is 5. The number of benzene rings is 1. The molecule has 1 aromatic carbocycles. The fourth-order valence-electron chi connectivity index (χ4n) is 2.69. The molecule has 1 N–H and O–H groups in total. The summed E-state index contributed by atoms with van der Waals surface area (Å²) < 4.78 is 5.74. The summed E-state index contributed by atoms with van der Waals surface area (Å²) in [5.74, 6) is 0.401. The summed E-state index contributed by atoms with van der Waals surface area (Å²) in [6.07, 6.45) is 0.200. The molecule has 0 unspecified atom stereocenters. The van der Waals surface area contributed by atoms with E-state index in [0.29, 0.717) is 29.5 Å². The zero-order chi connectivity index (χ0) is 17.8. The highest BCUT2D eigenvalue weighted by Gasteiger charge is 2.27. The quantitative estimate of drug-likeness (QED) is 0.864. The number of amides is 2. The summed E-state index contributed by atoms with van der Waals surface area (Å²) in [6.45, 7) is 2.85. The van der Waals surface area contributed by atoms with Crippen LogP contribution in [0.25, 0.3) is 0 Å². The van der Waals surface area contributed by atoms with Crippen LogP contribution in [0.15, 0.2) is 35.7 Å². The molecule has 2 heterocycles. The summed E-state index contributed by atoms with van der Waals surface area (Å²) in [5.41, 5.74) is 0.662. The van der Waals surface area contributed by atoms with E-state index in [0.717, 1.165) is 4.88 Å². The van der Waals surface area contributed by atoms with Crippen LogP contribution in [0, 0.1) is 0 Å². The van der Waals surface area contributed by atoms with Crippen LogP contribution in [0.4, 0.5) is 5.69 Å². The van der Waals surface area contributed by atoms with E-state index in [1.807, 2.05) is 24.4 Å². The first-order chi connectivity index (χ1) is 12.0. The Morgan fingerprint density at radius 2 is 2.20 bits per heavy atom. The van der Waals surface area contributed by atoms with Gasteiger partial charge in [0, 0.05) is 22.7 Å². The molecule has 1 atom stereocenters. The fraction of sp³-hybridized carbons (Fsp3) is 0.333. The largest absolute Gasteiger partial charge is 0.487 e.